The van der Waals surface area contributed by atoms with Crippen molar-refractivity contribution in [1.82, 2.24) is 9.97 Å². The molecule has 2 rings (SSSR count). The number of carbonyl (C=O) groups excluding carboxylic acids is 1. The number of nitrogens with one attached hydrogen (secondary N) is 2. The minimum absolute atomic E-state index is 0.107. The van der Waals surface area contributed by atoms with Gasteiger partial charge in [-0.3, -0.25) is 4.79 Å². The molecule has 6 heteroatoms. The van der Waals surface area contributed by atoms with Gasteiger partial charge in [-0.15, -0.1) is 0 Å². The molecule has 4 nitrogen and oxygen atoms in total. The Morgan fingerprint density at radius 1 is 1.50 bits per heavy atom. The number of thioether (sulfide) groups is 1. The lowest BCUT2D eigenvalue weighted by atomic mass is 10.3. The number of para-hydroxylation sites is 1. The summed E-state index contributed by atoms with van der Waals surface area (Å²) < 4.78 is 0. The molecule has 94 valence electrons. The van der Waals surface area contributed by atoms with E-state index in [-0.39, 0.29) is 11.2 Å². The molecule has 0 saturated heterocycles. The Balaban J connectivity index is 1.98. The highest BCUT2D eigenvalue weighted by atomic mass is 35.5. The number of benzene rings is 1. The van der Waals surface area contributed by atoms with Gasteiger partial charge in [0, 0.05) is 12.4 Å². The van der Waals surface area contributed by atoms with Crippen LogP contribution in [0.5, 0.6) is 0 Å². The van der Waals surface area contributed by atoms with Crippen LogP contribution >= 0.6 is 23.4 Å². The van der Waals surface area contributed by atoms with Gasteiger partial charge < -0.3 is 10.3 Å². The van der Waals surface area contributed by atoms with Crippen molar-refractivity contribution in [3.63, 3.8) is 0 Å². The van der Waals surface area contributed by atoms with Gasteiger partial charge in [0.25, 0.3) is 0 Å². The monoisotopic (exact) mass is 281 g/mol. The van der Waals surface area contributed by atoms with E-state index in [0.29, 0.717) is 10.7 Å². The number of aromatic amines is 1. The molecular weight excluding hydrogens is 270 g/mol. The van der Waals surface area contributed by atoms with E-state index in [9.17, 15) is 4.79 Å². The Kier molecular flexibility index (Phi) is 4.28. The molecule has 0 saturated carbocycles. The molecule has 0 bridgehead atoms. The minimum atomic E-state index is -0.257. The number of halogens is 1. The summed E-state index contributed by atoms with van der Waals surface area (Å²) in [6.45, 7) is 1.82. The van der Waals surface area contributed by atoms with Crippen molar-refractivity contribution >= 4 is 35.0 Å². The van der Waals surface area contributed by atoms with Crippen LogP contribution in [0.4, 0.5) is 5.69 Å². The third kappa shape index (κ3) is 3.27. The van der Waals surface area contributed by atoms with Crippen LogP contribution in [0.25, 0.3) is 0 Å². The first-order valence-corrected chi connectivity index (χ1v) is 6.64. The summed E-state index contributed by atoms with van der Waals surface area (Å²) in [6, 6.07) is 7.15. The zero-order valence-corrected chi connectivity index (χ0v) is 11.3. The van der Waals surface area contributed by atoms with E-state index in [2.05, 4.69) is 15.3 Å². The lowest BCUT2D eigenvalue weighted by molar-refractivity contribution is -0.115. The van der Waals surface area contributed by atoms with Gasteiger partial charge >= 0.3 is 0 Å². The molecule has 1 unspecified atom stereocenters. The number of rotatable bonds is 4. The molecule has 0 aliphatic carbocycles. The van der Waals surface area contributed by atoms with Crippen LogP contribution in [0, 0.1) is 0 Å². The third-order valence-corrected chi connectivity index (χ3v) is 3.61. The van der Waals surface area contributed by atoms with Gasteiger partial charge in [-0.1, -0.05) is 35.5 Å². The Labute approximate surface area is 114 Å². The van der Waals surface area contributed by atoms with E-state index in [1.165, 1.54) is 11.8 Å². The number of carbonyl (C=O) groups is 1. The molecule has 1 aromatic heterocycles. The summed E-state index contributed by atoms with van der Waals surface area (Å²) in [5, 5.41) is 3.78. The van der Waals surface area contributed by atoms with Crippen molar-refractivity contribution in [2.24, 2.45) is 0 Å². The molecular formula is C12H12ClN3OS. The van der Waals surface area contributed by atoms with E-state index < -0.39 is 0 Å². The largest absolute Gasteiger partial charge is 0.340 e. The number of nitrogens with zero attached hydrogens (tertiary/aromatic N) is 1. The van der Waals surface area contributed by atoms with Crippen LogP contribution in [0.15, 0.2) is 41.8 Å². The summed E-state index contributed by atoms with van der Waals surface area (Å²) in [4.78, 5) is 19.0. The molecule has 2 N–H and O–H groups in total. The molecule has 0 spiro atoms. The van der Waals surface area contributed by atoms with Gasteiger partial charge in [-0.05, 0) is 19.1 Å². The van der Waals surface area contributed by atoms with E-state index in [1.54, 1.807) is 24.5 Å². The normalized spacial score (nSPS) is 12.1. The molecule has 1 aromatic carbocycles. The zero-order chi connectivity index (χ0) is 13.0. The topological polar surface area (TPSA) is 57.8 Å². The Morgan fingerprint density at radius 2 is 2.28 bits per heavy atom. The number of hydrogen-bond acceptors (Lipinski definition) is 3. The molecule has 0 aliphatic rings. The van der Waals surface area contributed by atoms with Crippen LogP contribution in [-0.4, -0.2) is 21.1 Å². The van der Waals surface area contributed by atoms with Crippen LogP contribution in [-0.2, 0) is 4.79 Å². The average Bonchev–Trinajstić information content (AvgIpc) is 2.84. The number of H-pyrrole nitrogens is 1. The second kappa shape index (κ2) is 5.93. The molecule has 0 fully saturated rings. The molecule has 0 radical (unpaired) electrons. The fraction of sp³-hybridized carbons (Fsp3) is 0.167. The summed E-state index contributed by atoms with van der Waals surface area (Å²) >= 11 is 7.34. The number of amides is 1. The fourth-order valence-corrected chi connectivity index (χ4v) is 2.27. The van der Waals surface area contributed by atoms with Crippen molar-refractivity contribution in [2.75, 3.05) is 5.32 Å². The second-order valence-electron chi connectivity index (χ2n) is 3.62. The molecule has 1 heterocycles. The molecule has 0 aliphatic heterocycles. The summed E-state index contributed by atoms with van der Waals surface area (Å²) in [5.74, 6) is -0.107. The summed E-state index contributed by atoms with van der Waals surface area (Å²) in [5.41, 5.74) is 0.621. The fourth-order valence-electron chi connectivity index (χ4n) is 1.33. The van der Waals surface area contributed by atoms with E-state index in [1.807, 2.05) is 19.1 Å². The van der Waals surface area contributed by atoms with Crippen molar-refractivity contribution in [3.8, 4) is 0 Å². The molecule has 2 aromatic rings. The second-order valence-corrected chi connectivity index (χ2v) is 5.36. The van der Waals surface area contributed by atoms with Crippen LogP contribution < -0.4 is 5.32 Å². The first-order valence-electron chi connectivity index (χ1n) is 5.38. The highest BCUT2D eigenvalue weighted by Gasteiger charge is 2.16. The van der Waals surface area contributed by atoms with Crippen molar-refractivity contribution < 1.29 is 4.79 Å². The SMILES string of the molecule is CC(Sc1ncc[nH]1)C(=O)Nc1ccccc1Cl. The van der Waals surface area contributed by atoms with Gasteiger partial charge in [-0.2, -0.15) is 0 Å². The summed E-state index contributed by atoms with van der Waals surface area (Å²) in [7, 11) is 0. The molecule has 1 amide bonds. The van der Waals surface area contributed by atoms with Crippen molar-refractivity contribution in [2.45, 2.75) is 17.3 Å². The smallest absolute Gasteiger partial charge is 0.237 e. The quantitative estimate of drug-likeness (QED) is 0.846. The van der Waals surface area contributed by atoms with Gasteiger partial charge in [0.15, 0.2) is 5.16 Å². The number of imidazole rings is 1. The Morgan fingerprint density at radius 3 is 2.94 bits per heavy atom. The first kappa shape index (κ1) is 13.0. The van der Waals surface area contributed by atoms with Gasteiger partial charge in [-0.25, -0.2) is 4.98 Å². The number of aromatic nitrogens is 2. The lowest BCUT2D eigenvalue weighted by Gasteiger charge is -2.11. The van der Waals surface area contributed by atoms with Gasteiger partial charge in [0.2, 0.25) is 5.91 Å². The zero-order valence-electron chi connectivity index (χ0n) is 9.68. The molecule has 18 heavy (non-hydrogen) atoms. The van der Waals surface area contributed by atoms with Crippen LogP contribution in [0.1, 0.15) is 6.92 Å². The van der Waals surface area contributed by atoms with Crippen LogP contribution in [0.3, 0.4) is 0 Å². The van der Waals surface area contributed by atoms with Gasteiger partial charge in [0.1, 0.15) is 0 Å². The number of anilines is 1. The summed E-state index contributed by atoms with van der Waals surface area (Å²) in [6.07, 6.45) is 3.38. The highest BCUT2D eigenvalue weighted by molar-refractivity contribution is 8.00. The van der Waals surface area contributed by atoms with E-state index in [0.717, 1.165) is 5.16 Å². The minimum Gasteiger partial charge on any atom is -0.340 e. The first-order chi connectivity index (χ1) is 8.66. The van der Waals surface area contributed by atoms with E-state index in [4.69, 9.17) is 11.6 Å². The lowest BCUT2D eigenvalue weighted by Crippen LogP contribution is -2.22. The predicted octanol–water partition coefficient (Wildman–Crippen LogP) is 3.18. The average molecular weight is 282 g/mol. The highest BCUT2D eigenvalue weighted by Crippen LogP contribution is 2.23. The van der Waals surface area contributed by atoms with Crippen molar-refractivity contribution in [1.29, 1.82) is 0 Å². The molecule has 1 atom stereocenters. The maximum Gasteiger partial charge on any atom is 0.237 e. The van der Waals surface area contributed by atoms with Crippen molar-refractivity contribution in [3.05, 3.63) is 41.7 Å². The van der Waals surface area contributed by atoms with Gasteiger partial charge in [0.05, 0.1) is 16.0 Å². The third-order valence-electron chi connectivity index (χ3n) is 2.26. The maximum absolute atomic E-state index is 12.0. The standard InChI is InChI=1S/C12H12ClN3OS/c1-8(18-12-14-6-7-15-12)11(17)16-10-5-3-2-4-9(10)13/h2-8H,1H3,(H,14,15)(H,16,17). The Hall–Kier alpha value is -1.46. The predicted molar refractivity (Wildman–Crippen MR) is 74.0 cm³/mol. The Bertz CT molecular complexity index is 530. The maximum atomic E-state index is 12.0. The number of hydrogen-bond donors (Lipinski definition) is 2. The van der Waals surface area contributed by atoms with Crippen LogP contribution in [0.2, 0.25) is 5.02 Å². The van der Waals surface area contributed by atoms with E-state index >= 15 is 0 Å².